The summed E-state index contributed by atoms with van der Waals surface area (Å²) in [5.41, 5.74) is 0.934. The van der Waals surface area contributed by atoms with Gasteiger partial charge in [0.15, 0.2) is 0 Å². The van der Waals surface area contributed by atoms with E-state index < -0.39 is 10.0 Å². The molecule has 1 aliphatic heterocycles. The van der Waals surface area contributed by atoms with Gasteiger partial charge in [0.25, 0.3) is 0 Å². The van der Waals surface area contributed by atoms with Crippen molar-refractivity contribution in [2.45, 2.75) is 19.4 Å². The van der Waals surface area contributed by atoms with Gasteiger partial charge in [0.1, 0.15) is 0 Å². The highest BCUT2D eigenvalue weighted by atomic mass is 32.2. The molecular formula is C14H22N4O3S. The smallest absolute Gasteiger partial charge is 0.317 e. The fourth-order valence-corrected chi connectivity index (χ4v) is 3.29. The minimum atomic E-state index is -3.20. The van der Waals surface area contributed by atoms with Gasteiger partial charge in [-0.1, -0.05) is 6.07 Å². The van der Waals surface area contributed by atoms with Crippen LogP contribution in [0.4, 0.5) is 4.79 Å². The number of hydrogen-bond acceptors (Lipinski definition) is 4. The number of urea groups is 1. The van der Waals surface area contributed by atoms with E-state index in [1.165, 1.54) is 10.6 Å². The molecule has 1 N–H and O–H groups in total. The normalized spacial score (nSPS) is 18.5. The van der Waals surface area contributed by atoms with Gasteiger partial charge >= 0.3 is 6.03 Å². The highest BCUT2D eigenvalue weighted by Crippen LogP contribution is 2.12. The highest BCUT2D eigenvalue weighted by Gasteiger charge is 2.24. The summed E-state index contributed by atoms with van der Waals surface area (Å²) in [5.74, 6) is 0. The molecule has 1 unspecified atom stereocenters. The van der Waals surface area contributed by atoms with Gasteiger partial charge in [-0.3, -0.25) is 4.98 Å². The summed E-state index contributed by atoms with van der Waals surface area (Å²) in [6.07, 6.45) is 5.25. The molecule has 2 heterocycles. The molecule has 0 aliphatic carbocycles. The van der Waals surface area contributed by atoms with E-state index in [2.05, 4.69) is 10.3 Å². The predicted molar refractivity (Wildman–Crippen MR) is 83.8 cm³/mol. The summed E-state index contributed by atoms with van der Waals surface area (Å²) >= 11 is 0. The summed E-state index contributed by atoms with van der Waals surface area (Å²) in [6.45, 7) is 3.65. The summed E-state index contributed by atoms with van der Waals surface area (Å²) < 4.78 is 24.6. The third kappa shape index (κ3) is 4.41. The summed E-state index contributed by atoms with van der Waals surface area (Å²) in [4.78, 5) is 18.0. The molecule has 1 aromatic heterocycles. The Bertz CT molecular complexity index is 606. The van der Waals surface area contributed by atoms with Crippen LogP contribution >= 0.6 is 0 Å². The lowest BCUT2D eigenvalue weighted by Crippen LogP contribution is -2.43. The first-order valence-corrected chi connectivity index (χ1v) is 9.13. The molecule has 0 spiro atoms. The molecule has 1 atom stereocenters. The minimum Gasteiger partial charge on any atom is -0.331 e. The van der Waals surface area contributed by atoms with Crippen LogP contribution in [0, 0.1) is 0 Å². The molecule has 1 saturated heterocycles. The first-order valence-electron chi connectivity index (χ1n) is 7.28. The zero-order chi connectivity index (χ0) is 16.2. The number of hydrogen-bond donors (Lipinski definition) is 1. The van der Waals surface area contributed by atoms with Crippen molar-refractivity contribution >= 4 is 16.1 Å². The van der Waals surface area contributed by atoms with Crippen molar-refractivity contribution in [2.24, 2.45) is 0 Å². The Morgan fingerprint density at radius 1 is 1.32 bits per heavy atom. The molecule has 0 aromatic carbocycles. The van der Waals surface area contributed by atoms with Gasteiger partial charge in [-0.05, 0) is 25.0 Å². The van der Waals surface area contributed by atoms with Crippen molar-refractivity contribution < 1.29 is 13.2 Å². The Labute approximate surface area is 131 Å². The second-order valence-corrected chi connectivity index (χ2v) is 7.44. The van der Waals surface area contributed by atoms with Crippen molar-refractivity contribution in [3.8, 4) is 0 Å². The molecule has 0 saturated carbocycles. The number of carbonyl (C=O) groups excluding carboxylic acids is 1. The molecule has 2 amide bonds. The zero-order valence-electron chi connectivity index (χ0n) is 12.9. The molecule has 1 aromatic rings. The number of amides is 2. The monoisotopic (exact) mass is 326 g/mol. The first-order chi connectivity index (χ1) is 10.4. The number of nitrogens with one attached hydrogen (secondary N) is 1. The third-order valence-corrected chi connectivity index (χ3v) is 5.04. The molecule has 22 heavy (non-hydrogen) atoms. The molecule has 1 fully saturated rings. The van der Waals surface area contributed by atoms with E-state index in [4.69, 9.17) is 0 Å². The van der Waals surface area contributed by atoms with Crippen LogP contribution in [0.15, 0.2) is 24.5 Å². The third-order valence-electron chi connectivity index (χ3n) is 3.74. The van der Waals surface area contributed by atoms with E-state index in [0.29, 0.717) is 32.6 Å². The molecule has 1 aliphatic rings. The van der Waals surface area contributed by atoms with Gasteiger partial charge in [0.2, 0.25) is 10.0 Å². The van der Waals surface area contributed by atoms with Crippen LogP contribution in [0.2, 0.25) is 0 Å². The Kier molecular flexibility index (Phi) is 5.36. The van der Waals surface area contributed by atoms with Crippen LogP contribution in [0.3, 0.4) is 0 Å². The second kappa shape index (κ2) is 7.06. The number of pyridine rings is 1. The maximum atomic E-state index is 12.3. The van der Waals surface area contributed by atoms with Crippen molar-refractivity contribution in [1.82, 2.24) is 19.5 Å². The predicted octanol–water partition coefficient (Wildman–Crippen LogP) is 0.820. The summed E-state index contributed by atoms with van der Waals surface area (Å²) in [5, 5.41) is 2.93. The van der Waals surface area contributed by atoms with Crippen molar-refractivity contribution in [3.63, 3.8) is 0 Å². The van der Waals surface area contributed by atoms with E-state index in [9.17, 15) is 13.2 Å². The van der Waals surface area contributed by atoms with Crippen molar-refractivity contribution in [3.05, 3.63) is 30.1 Å². The van der Waals surface area contributed by atoms with Gasteiger partial charge in [0, 0.05) is 38.6 Å². The van der Waals surface area contributed by atoms with Crippen LogP contribution in [0.25, 0.3) is 0 Å². The van der Waals surface area contributed by atoms with Crippen LogP contribution in [0.1, 0.15) is 24.9 Å². The Morgan fingerprint density at radius 2 is 2.09 bits per heavy atom. The molecule has 2 rings (SSSR count). The lowest BCUT2D eigenvalue weighted by molar-refractivity contribution is 0.197. The Balaban J connectivity index is 1.93. The maximum Gasteiger partial charge on any atom is 0.317 e. The quantitative estimate of drug-likeness (QED) is 0.891. The number of sulfonamides is 1. The van der Waals surface area contributed by atoms with E-state index in [1.54, 1.807) is 17.3 Å². The topological polar surface area (TPSA) is 82.6 Å². The van der Waals surface area contributed by atoms with Gasteiger partial charge in [-0.2, -0.15) is 0 Å². The average Bonchev–Trinajstić information content (AvgIpc) is 2.73. The largest absolute Gasteiger partial charge is 0.331 e. The highest BCUT2D eigenvalue weighted by molar-refractivity contribution is 7.88. The molecular weight excluding hydrogens is 304 g/mol. The number of carbonyl (C=O) groups is 1. The minimum absolute atomic E-state index is 0.143. The lowest BCUT2D eigenvalue weighted by atomic mass is 10.1. The molecule has 7 nitrogen and oxygen atoms in total. The molecule has 0 bridgehead atoms. The molecule has 122 valence electrons. The van der Waals surface area contributed by atoms with Crippen molar-refractivity contribution in [1.29, 1.82) is 0 Å². The fourth-order valence-electron chi connectivity index (χ4n) is 2.42. The van der Waals surface area contributed by atoms with Gasteiger partial charge in [-0.15, -0.1) is 0 Å². The van der Waals surface area contributed by atoms with Gasteiger partial charge in [0.05, 0.1) is 12.3 Å². The van der Waals surface area contributed by atoms with E-state index >= 15 is 0 Å². The van der Waals surface area contributed by atoms with Crippen LogP contribution in [0.5, 0.6) is 0 Å². The van der Waals surface area contributed by atoms with E-state index in [0.717, 1.165) is 5.56 Å². The van der Waals surface area contributed by atoms with E-state index in [1.807, 2.05) is 19.1 Å². The Morgan fingerprint density at radius 3 is 2.73 bits per heavy atom. The van der Waals surface area contributed by atoms with Crippen LogP contribution < -0.4 is 5.32 Å². The summed E-state index contributed by atoms with van der Waals surface area (Å²) in [6, 6.07) is 3.42. The van der Waals surface area contributed by atoms with Crippen molar-refractivity contribution in [2.75, 3.05) is 32.4 Å². The van der Waals surface area contributed by atoms with Crippen LogP contribution in [-0.2, 0) is 10.0 Å². The first kappa shape index (κ1) is 16.7. The summed E-state index contributed by atoms with van der Waals surface area (Å²) in [7, 11) is -3.20. The number of nitrogens with zero attached hydrogens (tertiary/aromatic N) is 3. The van der Waals surface area contributed by atoms with Gasteiger partial charge in [-0.25, -0.2) is 17.5 Å². The lowest BCUT2D eigenvalue weighted by Gasteiger charge is -2.24. The molecule has 8 heteroatoms. The molecule has 0 radical (unpaired) electrons. The Hall–Kier alpha value is -1.67. The number of rotatable bonds is 3. The number of aromatic nitrogens is 1. The van der Waals surface area contributed by atoms with Gasteiger partial charge < -0.3 is 10.2 Å². The second-order valence-electron chi connectivity index (χ2n) is 5.46. The van der Waals surface area contributed by atoms with E-state index in [-0.39, 0.29) is 12.1 Å². The van der Waals surface area contributed by atoms with Crippen LogP contribution in [-0.4, -0.2) is 61.1 Å². The SMILES string of the molecule is CC(NC(=O)N1CCCN(S(C)(=O)=O)CC1)c1cccnc1. The standard InChI is InChI=1S/C14H22N4O3S/c1-12(13-5-3-6-15-11-13)16-14(19)17-7-4-8-18(10-9-17)22(2,20)21/h3,5-6,11-12H,4,7-10H2,1-2H3,(H,16,19). The fraction of sp³-hybridized carbons (Fsp3) is 0.571. The maximum absolute atomic E-state index is 12.3. The average molecular weight is 326 g/mol. The zero-order valence-corrected chi connectivity index (χ0v) is 13.7.